The van der Waals surface area contributed by atoms with Crippen LogP contribution in [0.5, 0.6) is 0 Å². The number of rotatable bonds is 6. The maximum absolute atomic E-state index is 13.2. The van der Waals surface area contributed by atoms with Gasteiger partial charge in [0.15, 0.2) is 0 Å². The van der Waals surface area contributed by atoms with Gasteiger partial charge in [-0.2, -0.15) is 5.10 Å². The van der Waals surface area contributed by atoms with E-state index in [1.54, 1.807) is 5.01 Å². The lowest BCUT2D eigenvalue weighted by atomic mass is 9.98. The van der Waals surface area contributed by atoms with Crippen LogP contribution in [0.4, 0.5) is 0 Å². The molecule has 2 aromatic heterocycles. The molecule has 0 saturated heterocycles. The lowest BCUT2D eigenvalue weighted by Gasteiger charge is -2.21. The molecule has 0 N–H and O–H groups in total. The third-order valence-corrected chi connectivity index (χ3v) is 6.90. The first-order valence-electron chi connectivity index (χ1n) is 9.88. The van der Waals surface area contributed by atoms with Gasteiger partial charge in [0.2, 0.25) is 0 Å². The number of benzene rings is 2. The Morgan fingerprint density at radius 2 is 1.91 bits per heavy atom. The number of carbonyl (C=O) groups excluding carboxylic acids is 1. The van der Waals surface area contributed by atoms with Crippen molar-refractivity contribution in [2.45, 2.75) is 17.7 Å². The van der Waals surface area contributed by atoms with E-state index in [1.807, 2.05) is 72.1 Å². The van der Waals surface area contributed by atoms with Crippen molar-refractivity contribution >= 4 is 46.3 Å². The van der Waals surface area contributed by atoms with Crippen LogP contribution in [0.25, 0.3) is 10.8 Å². The predicted molar refractivity (Wildman–Crippen MR) is 127 cm³/mol. The van der Waals surface area contributed by atoms with Crippen molar-refractivity contribution < 1.29 is 9.21 Å². The van der Waals surface area contributed by atoms with Crippen LogP contribution >= 0.6 is 34.7 Å². The summed E-state index contributed by atoms with van der Waals surface area (Å²) in [6, 6.07) is 21.1. The van der Waals surface area contributed by atoms with Gasteiger partial charge in [0.1, 0.15) is 0 Å². The van der Waals surface area contributed by atoms with Crippen LogP contribution in [-0.2, 0) is 4.79 Å². The standard InChI is InChI=1S/C23H17ClN4O2S2/c24-17-10-8-16(9-11-17)19-13-18(15-5-2-1-3-6-15)27-28(19)21(29)14-32-23-26-25-22(30-23)20-7-4-12-31-20/h1-12,19H,13-14H2/t19-/m1/s1. The molecule has 0 bridgehead atoms. The molecule has 0 unspecified atom stereocenters. The fourth-order valence-corrected chi connectivity index (χ4v) is 4.83. The van der Waals surface area contributed by atoms with Gasteiger partial charge in [-0.25, -0.2) is 5.01 Å². The van der Waals surface area contributed by atoms with Gasteiger partial charge in [-0.05, 0) is 34.7 Å². The fourth-order valence-electron chi connectivity index (χ4n) is 3.45. The number of hydrazone groups is 1. The lowest BCUT2D eigenvalue weighted by molar-refractivity contribution is -0.130. The molecule has 160 valence electrons. The van der Waals surface area contributed by atoms with E-state index in [0.29, 0.717) is 22.6 Å². The van der Waals surface area contributed by atoms with Crippen molar-refractivity contribution in [2.24, 2.45) is 5.10 Å². The number of hydrogen-bond acceptors (Lipinski definition) is 7. The highest BCUT2D eigenvalue weighted by Crippen LogP contribution is 2.34. The average Bonchev–Trinajstić information content (AvgIpc) is 3.59. The van der Waals surface area contributed by atoms with Gasteiger partial charge >= 0.3 is 0 Å². The van der Waals surface area contributed by atoms with Crippen LogP contribution in [0.3, 0.4) is 0 Å². The summed E-state index contributed by atoms with van der Waals surface area (Å²) in [5.74, 6) is 0.471. The van der Waals surface area contributed by atoms with Crippen molar-refractivity contribution in [2.75, 3.05) is 5.75 Å². The van der Waals surface area contributed by atoms with E-state index in [4.69, 9.17) is 16.0 Å². The predicted octanol–water partition coefficient (Wildman–Crippen LogP) is 5.92. The summed E-state index contributed by atoms with van der Waals surface area (Å²) in [7, 11) is 0. The van der Waals surface area contributed by atoms with Gasteiger partial charge in [0.25, 0.3) is 17.0 Å². The summed E-state index contributed by atoms with van der Waals surface area (Å²) in [5, 5.41) is 17.3. The van der Waals surface area contributed by atoms with Gasteiger partial charge in [0.05, 0.1) is 22.4 Å². The second-order valence-corrected chi connectivity index (χ2v) is 9.37. The van der Waals surface area contributed by atoms with Crippen molar-refractivity contribution in [3.63, 3.8) is 0 Å². The molecule has 0 spiro atoms. The molecule has 1 atom stereocenters. The number of thioether (sulfide) groups is 1. The summed E-state index contributed by atoms with van der Waals surface area (Å²) in [6.07, 6.45) is 0.630. The monoisotopic (exact) mass is 480 g/mol. The summed E-state index contributed by atoms with van der Waals surface area (Å²) in [4.78, 5) is 14.1. The van der Waals surface area contributed by atoms with E-state index in [1.165, 1.54) is 23.1 Å². The van der Waals surface area contributed by atoms with Gasteiger partial charge in [-0.15, -0.1) is 21.5 Å². The zero-order valence-corrected chi connectivity index (χ0v) is 19.1. The minimum atomic E-state index is -0.195. The molecule has 0 aliphatic carbocycles. The number of aromatic nitrogens is 2. The fraction of sp³-hybridized carbons (Fsp3) is 0.130. The topological polar surface area (TPSA) is 71.6 Å². The quantitative estimate of drug-likeness (QED) is 0.320. The Labute approximate surface area is 197 Å². The highest BCUT2D eigenvalue weighted by molar-refractivity contribution is 7.99. The molecule has 0 radical (unpaired) electrons. The molecule has 1 aliphatic rings. The van der Waals surface area contributed by atoms with E-state index in [2.05, 4.69) is 15.3 Å². The molecular formula is C23H17ClN4O2S2. The molecule has 0 saturated carbocycles. The van der Waals surface area contributed by atoms with Crippen molar-refractivity contribution in [3.05, 3.63) is 88.3 Å². The minimum Gasteiger partial charge on any atom is -0.410 e. The molecule has 4 aromatic rings. The molecule has 1 aliphatic heterocycles. The first-order chi connectivity index (χ1) is 15.7. The molecular weight excluding hydrogens is 464 g/mol. The Bertz CT molecular complexity index is 1240. The Morgan fingerprint density at radius 1 is 1.09 bits per heavy atom. The Balaban J connectivity index is 1.34. The van der Waals surface area contributed by atoms with E-state index >= 15 is 0 Å². The number of nitrogens with zero attached hydrogens (tertiary/aromatic N) is 4. The molecule has 32 heavy (non-hydrogen) atoms. The summed E-state index contributed by atoms with van der Waals surface area (Å²) < 4.78 is 5.69. The van der Waals surface area contributed by atoms with Crippen LogP contribution < -0.4 is 0 Å². The smallest absolute Gasteiger partial charge is 0.277 e. The first kappa shape index (κ1) is 20.9. The summed E-state index contributed by atoms with van der Waals surface area (Å²) in [6.45, 7) is 0. The second-order valence-electron chi connectivity index (χ2n) is 7.06. The number of hydrogen-bond donors (Lipinski definition) is 0. The minimum absolute atomic E-state index is 0.128. The normalized spacial score (nSPS) is 15.7. The zero-order chi connectivity index (χ0) is 21.9. The largest absolute Gasteiger partial charge is 0.410 e. The van der Waals surface area contributed by atoms with Crippen molar-refractivity contribution in [1.29, 1.82) is 0 Å². The van der Waals surface area contributed by atoms with Crippen LogP contribution in [0, 0.1) is 0 Å². The molecule has 0 fully saturated rings. The number of carbonyl (C=O) groups is 1. The van der Waals surface area contributed by atoms with E-state index in [0.717, 1.165) is 21.7 Å². The average molecular weight is 481 g/mol. The Hall–Kier alpha value is -2.94. The second kappa shape index (κ2) is 9.28. The van der Waals surface area contributed by atoms with Crippen LogP contribution in [0.2, 0.25) is 5.02 Å². The third kappa shape index (κ3) is 4.48. The van der Waals surface area contributed by atoms with Crippen molar-refractivity contribution in [3.8, 4) is 10.8 Å². The van der Waals surface area contributed by atoms with Gasteiger partial charge in [-0.1, -0.05) is 71.9 Å². The summed E-state index contributed by atoms with van der Waals surface area (Å²) in [5.41, 5.74) is 2.87. The molecule has 2 aromatic carbocycles. The highest BCUT2D eigenvalue weighted by Gasteiger charge is 2.33. The highest BCUT2D eigenvalue weighted by atomic mass is 35.5. The maximum Gasteiger partial charge on any atom is 0.277 e. The maximum atomic E-state index is 13.2. The van der Waals surface area contributed by atoms with Gasteiger partial charge in [0, 0.05) is 11.4 Å². The van der Waals surface area contributed by atoms with Crippen LogP contribution in [-0.4, -0.2) is 32.6 Å². The molecule has 9 heteroatoms. The first-order valence-corrected chi connectivity index (χ1v) is 12.1. The molecule has 5 rings (SSSR count). The van der Waals surface area contributed by atoms with Crippen LogP contribution in [0.15, 0.2) is 86.9 Å². The Morgan fingerprint density at radius 3 is 2.66 bits per heavy atom. The number of halogens is 1. The van der Waals surface area contributed by atoms with E-state index in [-0.39, 0.29) is 17.7 Å². The SMILES string of the molecule is O=C(CSc1nnc(-c2cccs2)o1)N1N=C(c2ccccc2)C[C@@H]1c1ccc(Cl)cc1. The molecule has 3 heterocycles. The molecule has 1 amide bonds. The lowest BCUT2D eigenvalue weighted by Crippen LogP contribution is -2.28. The summed E-state index contributed by atoms with van der Waals surface area (Å²) >= 11 is 8.80. The Kier molecular flexibility index (Phi) is 6.07. The zero-order valence-electron chi connectivity index (χ0n) is 16.7. The third-order valence-electron chi connectivity index (χ3n) is 4.99. The van der Waals surface area contributed by atoms with E-state index in [9.17, 15) is 4.79 Å². The van der Waals surface area contributed by atoms with Gasteiger partial charge in [-0.3, -0.25) is 4.79 Å². The van der Waals surface area contributed by atoms with Crippen LogP contribution in [0.1, 0.15) is 23.6 Å². The van der Waals surface area contributed by atoms with Gasteiger partial charge < -0.3 is 4.42 Å². The number of amides is 1. The number of thiophene rings is 1. The van der Waals surface area contributed by atoms with E-state index < -0.39 is 0 Å². The molecule has 6 nitrogen and oxygen atoms in total. The van der Waals surface area contributed by atoms with Crippen molar-refractivity contribution in [1.82, 2.24) is 15.2 Å².